The molecule has 198 valence electrons. The number of rotatable bonds is 10. The Bertz CT molecular complexity index is 1210. The molecule has 0 aromatic heterocycles. The van der Waals surface area contributed by atoms with Crippen LogP contribution in [0.15, 0.2) is 69.6 Å². The van der Waals surface area contributed by atoms with Crippen LogP contribution < -0.4 is 0 Å². The van der Waals surface area contributed by atoms with Crippen molar-refractivity contribution in [2.45, 2.75) is 79.1 Å². The summed E-state index contributed by atoms with van der Waals surface area (Å²) in [6.07, 6.45) is 9.71. The normalized spacial score (nSPS) is 12.2. The Labute approximate surface area is 248 Å². The lowest BCUT2D eigenvalue weighted by molar-refractivity contribution is 0.486. The molecule has 38 heavy (non-hydrogen) atoms. The summed E-state index contributed by atoms with van der Waals surface area (Å²) in [5.74, 6) is 15.0. The summed E-state index contributed by atoms with van der Waals surface area (Å²) < 4.78 is 2.19. The van der Waals surface area contributed by atoms with Gasteiger partial charge in [0.25, 0.3) is 0 Å². The summed E-state index contributed by atoms with van der Waals surface area (Å²) in [4.78, 5) is 0. The highest BCUT2D eigenvalue weighted by Crippen LogP contribution is 2.21. The van der Waals surface area contributed by atoms with Crippen molar-refractivity contribution in [3.63, 3.8) is 0 Å². The van der Waals surface area contributed by atoms with Crippen LogP contribution in [-0.2, 0) is 12.8 Å². The van der Waals surface area contributed by atoms with Gasteiger partial charge < -0.3 is 0 Å². The minimum absolute atomic E-state index is 0.760. The molecular formula is C36H40Br2. The maximum Gasteiger partial charge on any atom is 0.0262 e. The van der Waals surface area contributed by atoms with Gasteiger partial charge in [0.05, 0.1) is 0 Å². The van der Waals surface area contributed by atoms with Gasteiger partial charge >= 0.3 is 0 Å². The van der Waals surface area contributed by atoms with Crippen LogP contribution in [0.2, 0.25) is 0 Å². The van der Waals surface area contributed by atoms with Crippen LogP contribution in [0.3, 0.4) is 0 Å². The first-order valence-corrected chi connectivity index (χ1v) is 15.7. The van der Waals surface area contributed by atoms with Gasteiger partial charge in [-0.15, -0.1) is 0 Å². The second-order valence-corrected chi connectivity index (χ2v) is 12.5. The zero-order valence-corrected chi connectivity index (χ0v) is 26.5. The Morgan fingerprint density at radius 2 is 0.974 bits per heavy atom. The molecule has 2 atom stereocenters. The average Bonchev–Trinajstić information content (AvgIpc) is 2.88. The van der Waals surface area contributed by atoms with Crippen molar-refractivity contribution < 1.29 is 0 Å². The SMILES string of the molecule is CCCC(C)CCc1cc(Br)cc(C#Cc2cccc(C#Cc3cc(Br)cc(CCC(C)CCC)c3)c2)c1. The topological polar surface area (TPSA) is 0 Å². The van der Waals surface area contributed by atoms with Crippen molar-refractivity contribution in [3.05, 3.63) is 103 Å². The minimum atomic E-state index is 0.760. The van der Waals surface area contributed by atoms with E-state index in [2.05, 4.69) is 138 Å². The standard InChI is InChI=1S/C36H40Br2/c1-5-8-27(3)12-14-31-21-33(25-35(37)23-31)18-16-29-10-7-11-30(20-29)17-19-34-22-32(24-36(38)26-34)15-13-28(4)9-6-2/h7,10-11,20-28H,5-6,8-9,12-15H2,1-4H3. The van der Waals surface area contributed by atoms with E-state index in [1.165, 1.54) is 49.7 Å². The zero-order valence-electron chi connectivity index (χ0n) is 23.3. The number of aryl methyl sites for hydroxylation is 2. The predicted molar refractivity (Wildman–Crippen MR) is 171 cm³/mol. The first-order valence-electron chi connectivity index (χ1n) is 14.1. The lowest BCUT2D eigenvalue weighted by atomic mass is 9.96. The fourth-order valence-corrected chi connectivity index (χ4v) is 5.88. The molecule has 0 fully saturated rings. The highest BCUT2D eigenvalue weighted by molar-refractivity contribution is 9.10. The highest BCUT2D eigenvalue weighted by Gasteiger charge is 2.05. The first-order chi connectivity index (χ1) is 18.3. The molecule has 2 unspecified atom stereocenters. The van der Waals surface area contributed by atoms with Crippen LogP contribution in [-0.4, -0.2) is 0 Å². The Hall–Kier alpha value is -2.26. The Morgan fingerprint density at radius 1 is 0.553 bits per heavy atom. The van der Waals surface area contributed by atoms with Crippen LogP contribution in [0.5, 0.6) is 0 Å². The fraction of sp³-hybridized carbons (Fsp3) is 0.389. The maximum atomic E-state index is 3.68. The summed E-state index contributed by atoms with van der Waals surface area (Å²) >= 11 is 7.35. The third kappa shape index (κ3) is 10.8. The lowest BCUT2D eigenvalue weighted by Gasteiger charge is -2.10. The van der Waals surface area contributed by atoms with Gasteiger partial charge in [-0.25, -0.2) is 0 Å². The summed E-state index contributed by atoms with van der Waals surface area (Å²) in [6, 6.07) is 21.3. The van der Waals surface area contributed by atoms with Gasteiger partial charge in [-0.05, 0) is 103 Å². The predicted octanol–water partition coefficient (Wildman–Crippen LogP) is 10.7. The van der Waals surface area contributed by atoms with E-state index in [-0.39, 0.29) is 0 Å². The van der Waals surface area contributed by atoms with Gasteiger partial charge in [0.15, 0.2) is 0 Å². The molecule has 0 aliphatic heterocycles. The molecule has 0 amide bonds. The Kier molecular flexibility index (Phi) is 12.7. The molecule has 3 aromatic carbocycles. The summed E-state index contributed by atoms with van der Waals surface area (Å²) in [5, 5.41) is 0. The van der Waals surface area contributed by atoms with Crippen LogP contribution in [0.1, 0.15) is 99.6 Å². The van der Waals surface area contributed by atoms with Crippen molar-refractivity contribution in [1.29, 1.82) is 0 Å². The summed E-state index contributed by atoms with van der Waals surface area (Å²) in [5.41, 5.74) is 6.75. The lowest BCUT2D eigenvalue weighted by Crippen LogP contribution is -1.97. The van der Waals surface area contributed by atoms with Crippen molar-refractivity contribution in [2.75, 3.05) is 0 Å². The minimum Gasteiger partial charge on any atom is -0.0654 e. The van der Waals surface area contributed by atoms with E-state index in [0.29, 0.717) is 0 Å². The first kappa shape index (κ1) is 30.3. The average molecular weight is 633 g/mol. The van der Waals surface area contributed by atoms with E-state index in [0.717, 1.165) is 55.9 Å². The second-order valence-electron chi connectivity index (χ2n) is 10.6. The van der Waals surface area contributed by atoms with Gasteiger partial charge in [-0.2, -0.15) is 0 Å². The molecule has 0 heterocycles. The smallest absolute Gasteiger partial charge is 0.0262 e. The number of hydrogen-bond acceptors (Lipinski definition) is 0. The molecule has 0 bridgehead atoms. The largest absolute Gasteiger partial charge is 0.0654 e. The molecule has 2 heteroatoms. The molecule has 0 aliphatic rings. The molecule has 0 saturated carbocycles. The molecule has 3 rings (SSSR count). The van der Waals surface area contributed by atoms with Gasteiger partial charge in [0.2, 0.25) is 0 Å². The highest BCUT2D eigenvalue weighted by atomic mass is 79.9. The molecule has 0 radical (unpaired) electrons. The Morgan fingerprint density at radius 3 is 1.39 bits per heavy atom. The van der Waals surface area contributed by atoms with Crippen LogP contribution >= 0.6 is 31.9 Å². The van der Waals surface area contributed by atoms with Crippen molar-refractivity contribution >= 4 is 31.9 Å². The van der Waals surface area contributed by atoms with Crippen LogP contribution in [0.25, 0.3) is 0 Å². The van der Waals surface area contributed by atoms with Crippen molar-refractivity contribution in [1.82, 2.24) is 0 Å². The van der Waals surface area contributed by atoms with Gasteiger partial charge in [-0.1, -0.05) is 115 Å². The van der Waals surface area contributed by atoms with Crippen molar-refractivity contribution in [3.8, 4) is 23.7 Å². The van der Waals surface area contributed by atoms with Gasteiger partial charge in [0.1, 0.15) is 0 Å². The number of hydrogen-bond donors (Lipinski definition) is 0. The zero-order chi connectivity index (χ0) is 27.3. The molecule has 0 spiro atoms. The van der Waals surface area contributed by atoms with E-state index in [4.69, 9.17) is 0 Å². The quantitative estimate of drug-likeness (QED) is 0.195. The molecule has 0 aliphatic carbocycles. The van der Waals surface area contributed by atoms with Gasteiger partial charge in [0, 0.05) is 31.2 Å². The van der Waals surface area contributed by atoms with E-state index in [9.17, 15) is 0 Å². The maximum absolute atomic E-state index is 3.68. The monoisotopic (exact) mass is 630 g/mol. The van der Waals surface area contributed by atoms with E-state index in [1.807, 2.05) is 6.07 Å². The van der Waals surface area contributed by atoms with Crippen LogP contribution in [0.4, 0.5) is 0 Å². The molecule has 3 aromatic rings. The number of halogens is 2. The molecule has 0 saturated heterocycles. The summed E-state index contributed by atoms with van der Waals surface area (Å²) in [7, 11) is 0. The molecule has 0 nitrogen and oxygen atoms in total. The van der Waals surface area contributed by atoms with Gasteiger partial charge in [-0.3, -0.25) is 0 Å². The van der Waals surface area contributed by atoms with E-state index >= 15 is 0 Å². The number of benzene rings is 3. The molecular weight excluding hydrogens is 592 g/mol. The van der Waals surface area contributed by atoms with Crippen molar-refractivity contribution in [2.24, 2.45) is 11.8 Å². The van der Waals surface area contributed by atoms with Crippen LogP contribution in [0, 0.1) is 35.5 Å². The third-order valence-corrected chi connectivity index (χ3v) is 7.81. The van der Waals surface area contributed by atoms with E-state index < -0.39 is 0 Å². The summed E-state index contributed by atoms with van der Waals surface area (Å²) in [6.45, 7) is 9.22. The second kappa shape index (κ2) is 16.0. The fourth-order valence-electron chi connectivity index (χ4n) is 4.80. The third-order valence-electron chi connectivity index (χ3n) is 6.89. The van der Waals surface area contributed by atoms with E-state index in [1.54, 1.807) is 0 Å². The Balaban J connectivity index is 1.71. The molecule has 0 N–H and O–H groups in total.